The fourth-order valence-corrected chi connectivity index (χ4v) is 6.40. The number of imidazole rings is 1. The van der Waals surface area contributed by atoms with Gasteiger partial charge in [-0.05, 0) is 79.6 Å². The van der Waals surface area contributed by atoms with Gasteiger partial charge in [0.15, 0.2) is 0 Å². The molecule has 1 atom stereocenters. The molecule has 1 aliphatic carbocycles. The quantitative estimate of drug-likeness (QED) is 0.451. The summed E-state index contributed by atoms with van der Waals surface area (Å²) < 4.78 is 37.8. The number of ether oxygens (including phenoxy) is 1. The SMILES string of the molecule is NCC1CCc2cc(S(=O)(=O)Nc3ccc(-n4ccn(CCCC5CCCC5)c4=O)cc3)ccc2O1. The average molecular weight is 511 g/mol. The molecule has 3 N–H and O–H groups in total. The summed E-state index contributed by atoms with van der Waals surface area (Å²) >= 11 is 0. The van der Waals surface area contributed by atoms with Crippen LogP contribution in [0.25, 0.3) is 5.69 Å². The van der Waals surface area contributed by atoms with Crippen molar-refractivity contribution in [2.24, 2.45) is 11.7 Å². The third-order valence-corrected chi connectivity index (χ3v) is 8.74. The van der Waals surface area contributed by atoms with Crippen LogP contribution in [0.4, 0.5) is 5.69 Å². The van der Waals surface area contributed by atoms with Gasteiger partial charge in [0.05, 0.1) is 10.6 Å². The summed E-state index contributed by atoms with van der Waals surface area (Å²) in [5, 5.41) is 0. The first-order valence-corrected chi connectivity index (χ1v) is 14.3. The minimum atomic E-state index is -3.77. The smallest absolute Gasteiger partial charge is 0.332 e. The van der Waals surface area contributed by atoms with Crippen molar-refractivity contribution in [3.05, 3.63) is 70.9 Å². The second kappa shape index (κ2) is 10.5. The zero-order valence-electron chi connectivity index (χ0n) is 20.4. The number of anilines is 1. The summed E-state index contributed by atoms with van der Waals surface area (Å²) in [7, 11) is -3.77. The van der Waals surface area contributed by atoms with Gasteiger partial charge in [-0.25, -0.2) is 13.2 Å². The second-order valence-corrected chi connectivity index (χ2v) is 11.6. The number of rotatable bonds is 9. The van der Waals surface area contributed by atoms with Gasteiger partial charge in [0, 0.05) is 31.2 Å². The third kappa shape index (κ3) is 5.37. The Morgan fingerprint density at radius 1 is 1.03 bits per heavy atom. The third-order valence-electron chi connectivity index (χ3n) is 7.37. The molecule has 2 heterocycles. The number of hydrogen-bond acceptors (Lipinski definition) is 5. The lowest BCUT2D eigenvalue weighted by atomic mass is 10.0. The van der Waals surface area contributed by atoms with E-state index in [0.717, 1.165) is 37.3 Å². The highest BCUT2D eigenvalue weighted by Crippen LogP contribution is 2.31. The van der Waals surface area contributed by atoms with Crippen LogP contribution < -0.4 is 20.9 Å². The van der Waals surface area contributed by atoms with E-state index in [1.165, 1.54) is 32.1 Å². The van der Waals surface area contributed by atoms with Crippen LogP contribution in [0.3, 0.4) is 0 Å². The van der Waals surface area contributed by atoms with Crippen molar-refractivity contribution >= 4 is 15.7 Å². The molecule has 0 spiro atoms. The maximum atomic E-state index is 13.0. The fourth-order valence-electron chi connectivity index (χ4n) is 5.29. The second-order valence-electron chi connectivity index (χ2n) is 9.87. The maximum absolute atomic E-state index is 13.0. The Hall–Kier alpha value is -3.04. The average Bonchev–Trinajstić information content (AvgIpc) is 3.54. The molecule has 2 aliphatic rings. The van der Waals surface area contributed by atoms with Crippen molar-refractivity contribution in [3.63, 3.8) is 0 Å². The monoisotopic (exact) mass is 510 g/mol. The summed E-state index contributed by atoms with van der Waals surface area (Å²) in [5.74, 6) is 1.51. The topological polar surface area (TPSA) is 108 Å². The number of fused-ring (bicyclic) bond motifs is 1. The Balaban J connectivity index is 1.24. The van der Waals surface area contributed by atoms with Gasteiger partial charge in [-0.1, -0.05) is 25.7 Å². The van der Waals surface area contributed by atoms with E-state index >= 15 is 0 Å². The summed E-state index contributed by atoms with van der Waals surface area (Å²) in [6, 6.07) is 11.7. The van der Waals surface area contributed by atoms with Gasteiger partial charge in [-0.2, -0.15) is 0 Å². The summed E-state index contributed by atoms with van der Waals surface area (Å²) in [6.07, 6.45) is 12.6. The Labute approximate surface area is 212 Å². The van der Waals surface area contributed by atoms with Gasteiger partial charge in [-0.15, -0.1) is 0 Å². The number of hydrogen-bond donors (Lipinski definition) is 2. The number of nitrogens with zero attached hydrogens (tertiary/aromatic N) is 2. The molecule has 0 saturated heterocycles. The molecular weight excluding hydrogens is 476 g/mol. The van der Waals surface area contributed by atoms with Crippen LogP contribution in [0.2, 0.25) is 0 Å². The van der Waals surface area contributed by atoms with E-state index < -0.39 is 10.0 Å². The van der Waals surface area contributed by atoms with Crippen molar-refractivity contribution in [3.8, 4) is 11.4 Å². The normalized spacial score (nSPS) is 18.1. The molecule has 1 fully saturated rings. The van der Waals surface area contributed by atoms with E-state index in [4.69, 9.17) is 10.5 Å². The van der Waals surface area contributed by atoms with Crippen molar-refractivity contribution in [1.82, 2.24) is 9.13 Å². The molecule has 1 aromatic heterocycles. The Bertz CT molecular complexity index is 1360. The van der Waals surface area contributed by atoms with Crippen LogP contribution in [0.5, 0.6) is 5.75 Å². The number of benzene rings is 2. The van der Waals surface area contributed by atoms with Crippen molar-refractivity contribution in [2.45, 2.75) is 68.9 Å². The number of aromatic nitrogens is 2. The van der Waals surface area contributed by atoms with Gasteiger partial charge in [0.25, 0.3) is 10.0 Å². The molecule has 0 radical (unpaired) electrons. The van der Waals surface area contributed by atoms with Crippen LogP contribution in [0, 0.1) is 5.92 Å². The Kier molecular flexibility index (Phi) is 7.20. The van der Waals surface area contributed by atoms with E-state index in [-0.39, 0.29) is 16.7 Å². The van der Waals surface area contributed by atoms with Crippen LogP contribution in [-0.4, -0.2) is 30.2 Å². The lowest BCUT2D eigenvalue weighted by Crippen LogP contribution is -2.30. The Morgan fingerprint density at radius 2 is 1.81 bits per heavy atom. The highest BCUT2D eigenvalue weighted by atomic mass is 32.2. The number of sulfonamides is 1. The predicted octanol–water partition coefficient (Wildman–Crippen LogP) is 4.06. The first kappa shape index (κ1) is 24.6. The van der Waals surface area contributed by atoms with Crippen molar-refractivity contribution in [2.75, 3.05) is 11.3 Å². The minimum Gasteiger partial charge on any atom is -0.489 e. The van der Waals surface area contributed by atoms with E-state index in [1.54, 1.807) is 57.8 Å². The van der Waals surface area contributed by atoms with Crippen LogP contribution in [0.15, 0.2) is 64.5 Å². The fraction of sp³-hybridized carbons (Fsp3) is 0.444. The first-order valence-electron chi connectivity index (χ1n) is 12.8. The highest BCUT2D eigenvalue weighted by molar-refractivity contribution is 7.92. The van der Waals surface area contributed by atoms with Gasteiger partial charge in [0.1, 0.15) is 11.9 Å². The molecule has 9 heteroatoms. The lowest BCUT2D eigenvalue weighted by molar-refractivity contribution is 0.181. The van der Waals surface area contributed by atoms with Gasteiger partial charge < -0.3 is 10.5 Å². The number of aryl methyl sites for hydroxylation is 2. The van der Waals surface area contributed by atoms with Crippen molar-refractivity contribution in [1.29, 1.82) is 0 Å². The standard InChI is InChI=1S/C27H34N4O4S/c28-19-24-12-7-21-18-25(13-14-26(21)35-24)36(33,34)29-22-8-10-23(11-9-22)31-17-16-30(27(31)32)15-3-6-20-4-1-2-5-20/h8-11,13-14,16-18,20,24,29H,1-7,12,15,19,28H2. The van der Waals surface area contributed by atoms with Crippen LogP contribution in [0.1, 0.15) is 50.5 Å². The first-order chi connectivity index (χ1) is 17.4. The molecule has 192 valence electrons. The van der Waals surface area contributed by atoms with E-state index in [2.05, 4.69) is 4.72 Å². The zero-order valence-corrected chi connectivity index (χ0v) is 21.3. The minimum absolute atomic E-state index is 0.0297. The molecule has 36 heavy (non-hydrogen) atoms. The van der Waals surface area contributed by atoms with Gasteiger partial charge >= 0.3 is 5.69 Å². The molecule has 3 aromatic rings. The molecular formula is C27H34N4O4S. The Morgan fingerprint density at radius 3 is 2.56 bits per heavy atom. The lowest BCUT2D eigenvalue weighted by Gasteiger charge is -2.25. The van der Waals surface area contributed by atoms with E-state index in [1.807, 2.05) is 6.20 Å². The molecule has 2 aromatic carbocycles. The van der Waals surface area contributed by atoms with E-state index in [0.29, 0.717) is 23.7 Å². The largest absolute Gasteiger partial charge is 0.489 e. The predicted molar refractivity (Wildman–Crippen MR) is 140 cm³/mol. The summed E-state index contributed by atoms with van der Waals surface area (Å²) in [5.41, 5.74) is 7.60. The molecule has 1 saturated carbocycles. The molecule has 5 rings (SSSR count). The maximum Gasteiger partial charge on any atom is 0.332 e. The van der Waals surface area contributed by atoms with Crippen LogP contribution in [-0.2, 0) is 23.0 Å². The molecule has 0 amide bonds. The highest BCUT2D eigenvalue weighted by Gasteiger charge is 2.22. The molecule has 1 aliphatic heterocycles. The molecule has 1 unspecified atom stereocenters. The number of nitrogens with two attached hydrogens (primary N) is 1. The zero-order chi connectivity index (χ0) is 25.1. The number of nitrogens with one attached hydrogen (secondary N) is 1. The van der Waals surface area contributed by atoms with Crippen LogP contribution >= 0.6 is 0 Å². The van der Waals surface area contributed by atoms with Crippen molar-refractivity contribution < 1.29 is 13.2 Å². The molecule has 0 bridgehead atoms. The van der Waals surface area contributed by atoms with Gasteiger partial charge in [-0.3, -0.25) is 13.9 Å². The summed E-state index contributed by atoms with van der Waals surface area (Å²) in [6.45, 7) is 1.16. The van der Waals surface area contributed by atoms with E-state index in [9.17, 15) is 13.2 Å². The van der Waals surface area contributed by atoms with Gasteiger partial charge in [0.2, 0.25) is 0 Å². The summed E-state index contributed by atoms with van der Waals surface area (Å²) in [4.78, 5) is 13.0. The molecule has 8 nitrogen and oxygen atoms in total.